The Hall–Kier alpha value is -4.19. The topological polar surface area (TPSA) is 60.1 Å². The van der Waals surface area contributed by atoms with E-state index in [0.717, 1.165) is 54.2 Å². The predicted molar refractivity (Wildman–Crippen MR) is 146 cm³/mol. The van der Waals surface area contributed by atoms with E-state index in [4.69, 9.17) is 0 Å². The summed E-state index contributed by atoms with van der Waals surface area (Å²) in [6.07, 6.45) is 4.74. The molecule has 3 aromatic carbocycles. The van der Waals surface area contributed by atoms with Crippen molar-refractivity contribution < 1.29 is 4.79 Å². The Morgan fingerprint density at radius 1 is 0.811 bits per heavy atom. The van der Waals surface area contributed by atoms with Crippen LogP contribution in [0.2, 0.25) is 0 Å². The highest BCUT2D eigenvalue weighted by Crippen LogP contribution is 2.27. The number of piperidine rings is 1. The van der Waals surface area contributed by atoms with E-state index in [1.165, 1.54) is 10.2 Å². The van der Waals surface area contributed by atoms with Crippen molar-refractivity contribution >= 4 is 27.7 Å². The van der Waals surface area contributed by atoms with Gasteiger partial charge in [0, 0.05) is 35.9 Å². The fraction of sp³-hybridized carbons (Fsp3) is 0.258. The van der Waals surface area contributed by atoms with Crippen molar-refractivity contribution in [2.75, 3.05) is 13.1 Å². The second-order valence-corrected chi connectivity index (χ2v) is 9.97. The van der Waals surface area contributed by atoms with E-state index in [2.05, 4.69) is 46.1 Å². The summed E-state index contributed by atoms with van der Waals surface area (Å²) in [5.74, 6) is 0.537. The molecular formula is C31H30N4O2. The van der Waals surface area contributed by atoms with Crippen LogP contribution in [0.1, 0.15) is 24.0 Å². The molecule has 1 saturated heterocycles. The summed E-state index contributed by atoms with van der Waals surface area (Å²) >= 11 is 0. The molecule has 6 rings (SSSR count). The molecule has 0 spiro atoms. The van der Waals surface area contributed by atoms with Crippen molar-refractivity contribution in [2.45, 2.75) is 32.4 Å². The van der Waals surface area contributed by atoms with Crippen LogP contribution in [0.5, 0.6) is 0 Å². The van der Waals surface area contributed by atoms with Gasteiger partial charge in [-0.05, 0) is 42.4 Å². The predicted octanol–water partition coefficient (Wildman–Crippen LogP) is 4.88. The second-order valence-electron chi connectivity index (χ2n) is 9.97. The molecule has 2 aromatic heterocycles. The average molecular weight is 491 g/mol. The maximum Gasteiger partial charge on any atom is 0.291 e. The van der Waals surface area contributed by atoms with Crippen molar-refractivity contribution in [1.29, 1.82) is 0 Å². The smallest absolute Gasteiger partial charge is 0.291 e. The fourth-order valence-electron chi connectivity index (χ4n) is 5.60. The van der Waals surface area contributed by atoms with Crippen molar-refractivity contribution in [3.8, 4) is 0 Å². The van der Waals surface area contributed by atoms with Gasteiger partial charge < -0.3 is 9.47 Å². The minimum atomic E-state index is -0.225. The molecule has 37 heavy (non-hydrogen) atoms. The lowest BCUT2D eigenvalue weighted by Crippen LogP contribution is -2.42. The maximum absolute atomic E-state index is 13.7. The molecule has 0 aliphatic carbocycles. The summed E-state index contributed by atoms with van der Waals surface area (Å²) < 4.78 is 3.39. The zero-order valence-electron chi connectivity index (χ0n) is 20.8. The lowest BCUT2D eigenvalue weighted by atomic mass is 9.90. The Morgan fingerprint density at radius 3 is 2.19 bits per heavy atom. The number of likely N-dealkylation sites (tertiary alicyclic amines) is 1. The first-order valence-electron chi connectivity index (χ1n) is 13.0. The van der Waals surface area contributed by atoms with E-state index >= 15 is 0 Å². The van der Waals surface area contributed by atoms with Crippen molar-refractivity contribution in [1.82, 2.24) is 19.2 Å². The van der Waals surface area contributed by atoms with Crippen LogP contribution < -0.4 is 5.56 Å². The fourth-order valence-corrected chi connectivity index (χ4v) is 5.60. The number of benzene rings is 3. The monoisotopic (exact) mass is 490 g/mol. The zero-order valence-corrected chi connectivity index (χ0v) is 20.8. The van der Waals surface area contributed by atoms with Crippen LogP contribution in [0.25, 0.3) is 21.8 Å². The second kappa shape index (κ2) is 10.1. The SMILES string of the molecule is O=C(Cn1ncc2c3ccccc3n(Cc3ccccc3)c2c1=O)N1CCC(Cc2ccccc2)CC1. The van der Waals surface area contributed by atoms with Gasteiger partial charge in [0.05, 0.1) is 6.20 Å². The van der Waals surface area contributed by atoms with E-state index < -0.39 is 0 Å². The van der Waals surface area contributed by atoms with Gasteiger partial charge >= 0.3 is 0 Å². The van der Waals surface area contributed by atoms with E-state index in [-0.39, 0.29) is 18.0 Å². The molecule has 0 radical (unpaired) electrons. The molecule has 1 aliphatic heterocycles. The van der Waals surface area contributed by atoms with E-state index in [9.17, 15) is 9.59 Å². The number of fused-ring (bicyclic) bond motifs is 3. The molecule has 0 saturated carbocycles. The summed E-state index contributed by atoms with van der Waals surface area (Å²) in [5, 5.41) is 6.24. The highest BCUT2D eigenvalue weighted by molar-refractivity contribution is 6.07. The standard InChI is InChI=1S/C31H30N4O2/c36-29(33-17-15-24(16-18-33)19-23-9-3-1-4-10-23)22-35-31(37)30-27(20-32-35)26-13-7-8-14-28(26)34(30)21-25-11-5-2-6-12-25/h1-14,20,24H,15-19,21-22H2. The summed E-state index contributed by atoms with van der Waals surface area (Å²) in [7, 11) is 0. The quantitative estimate of drug-likeness (QED) is 0.341. The van der Waals surface area contributed by atoms with Gasteiger partial charge in [-0.2, -0.15) is 5.10 Å². The van der Waals surface area contributed by atoms with Gasteiger partial charge in [-0.3, -0.25) is 9.59 Å². The molecule has 0 N–H and O–H groups in total. The molecule has 0 bridgehead atoms. The third kappa shape index (κ3) is 4.67. The van der Waals surface area contributed by atoms with Gasteiger partial charge in [0.25, 0.3) is 5.56 Å². The van der Waals surface area contributed by atoms with Crippen LogP contribution in [-0.4, -0.2) is 38.2 Å². The number of carbonyl (C=O) groups excluding carboxylic acids is 1. The number of para-hydroxylation sites is 1. The first-order valence-corrected chi connectivity index (χ1v) is 13.0. The van der Waals surface area contributed by atoms with Gasteiger partial charge in [-0.15, -0.1) is 0 Å². The van der Waals surface area contributed by atoms with Gasteiger partial charge in [-0.1, -0.05) is 78.9 Å². The molecular weight excluding hydrogens is 460 g/mol. The van der Waals surface area contributed by atoms with E-state index in [0.29, 0.717) is 18.0 Å². The van der Waals surface area contributed by atoms with Crippen molar-refractivity contribution in [3.63, 3.8) is 0 Å². The van der Waals surface area contributed by atoms with Crippen LogP contribution in [0, 0.1) is 5.92 Å². The Labute approximate surface area is 215 Å². The molecule has 0 unspecified atom stereocenters. The third-order valence-corrected chi connectivity index (χ3v) is 7.58. The van der Waals surface area contributed by atoms with Crippen LogP contribution in [0.3, 0.4) is 0 Å². The summed E-state index contributed by atoms with van der Waals surface area (Å²) in [6.45, 7) is 1.99. The molecule has 1 fully saturated rings. The van der Waals surface area contributed by atoms with Gasteiger partial charge in [-0.25, -0.2) is 4.68 Å². The molecule has 6 nitrogen and oxygen atoms in total. The van der Waals surface area contributed by atoms with Gasteiger partial charge in [0.2, 0.25) is 5.91 Å². The van der Waals surface area contributed by atoms with Crippen LogP contribution in [0.4, 0.5) is 0 Å². The Kier molecular flexibility index (Phi) is 6.31. The number of rotatable bonds is 6. The minimum absolute atomic E-state index is 0.0367. The molecule has 3 heterocycles. The van der Waals surface area contributed by atoms with E-state index in [1.807, 2.05) is 53.4 Å². The Bertz CT molecular complexity index is 1600. The summed E-state index contributed by atoms with van der Waals surface area (Å²) in [4.78, 5) is 28.8. The Balaban J connectivity index is 1.24. The van der Waals surface area contributed by atoms with Crippen molar-refractivity contribution in [3.05, 3.63) is 113 Å². The van der Waals surface area contributed by atoms with Crippen LogP contribution in [-0.2, 0) is 24.3 Å². The van der Waals surface area contributed by atoms with Gasteiger partial charge in [0.1, 0.15) is 12.1 Å². The zero-order chi connectivity index (χ0) is 25.2. The number of amides is 1. The number of hydrogen-bond acceptors (Lipinski definition) is 3. The first kappa shape index (κ1) is 23.2. The molecule has 0 atom stereocenters. The highest BCUT2D eigenvalue weighted by atomic mass is 16.2. The molecule has 1 aliphatic rings. The first-order chi connectivity index (χ1) is 18.2. The molecule has 186 valence electrons. The third-order valence-electron chi connectivity index (χ3n) is 7.58. The number of carbonyl (C=O) groups is 1. The van der Waals surface area contributed by atoms with E-state index in [1.54, 1.807) is 6.20 Å². The summed E-state index contributed by atoms with van der Waals surface area (Å²) in [5.41, 5.74) is 3.82. The Morgan fingerprint density at radius 2 is 1.46 bits per heavy atom. The number of nitrogens with zero attached hydrogens (tertiary/aromatic N) is 4. The normalized spacial score (nSPS) is 14.4. The van der Waals surface area contributed by atoms with Crippen LogP contribution >= 0.6 is 0 Å². The molecule has 5 aromatic rings. The lowest BCUT2D eigenvalue weighted by molar-refractivity contribution is -0.133. The summed E-state index contributed by atoms with van der Waals surface area (Å²) in [6, 6.07) is 28.7. The molecule has 1 amide bonds. The minimum Gasteiger partial charge on any atom is -0.341 e. The average Bonchev–Trinajstić information content (AvgIpc) is 3.26. The largest absolute Gasteiger partial charge is 0.341 e. The lowest BCUT2D eigenvalue weighted by Gasteiger charge is -2.32. The number of aromatic nitrogens is 3. The van der Waals surface area contributed by atoms with Gasteiger partial charge in [0.15, 0.2) is 0 Å². The highest BCUT2D eigenvalue weighted by Gasteiger charge is 2.24. The maximum atomic E-state index is 13.7. The van der Waals surface area contributed by atoms with Crippen molar-refractivity contribution in [2.24, 2.45) is 5.92 Å². The molecule has 6 heteroatoms. The number of hydrogen-bond donors (Lipinski definition) is 0. The van der Waals surface area contributed by atoms with Crippen LogP contribution in [0.15, 0.2) is 95.9 Å².